The molecule has 0 radical (unpaired) electrons. The number of benzene rings is 2. The number of carbonyl (C=O) groups excluding carboxylic acids is 2. The van der Waals surface area contributed by atoms with Gasteiger partial charge in [0.2, 0.25) is 5.91 Å². The van der Waals surface area contributed by atoms with Crippen LogP contribution in [0.1, 0.15) is 28.8 Å². The summed E-state index contributed by atoms with van der Waals surface area (Å²) >= 11 is 0. The third-order valence-corrected chi connectivity index (χ3v) is 5.04. The lowest BCUT2D eigenvalue weighted by Crippen LogP contribution is -2.38. The molecule has 2 aromatic carbocycles. The van der Waals surface area contributed by atoms with Crippen molar-refractivity contribution in [3.63, 3.8) is 0 Å². The highest BCUT2D eigenvalue weighted by Crippen LogP contribution is 2.25. The van der Waals surface area contributed by atoms with Crippen molar-refractivity contribution in [2.75, 3.05) is 23.3 Å². The van der Waals surface area contributed by atoms with Gasteiger partial charge in [-0.25, -0.2) is 0 Å². The maximum absolute atomic E-state index is 12.4. The summed E-state index contributed by atoms with van der Waals surface area (Å²) in [7, 11) is 0. The summed E-state index contributed by atoms with van der Waals surface area (Å²) in [4.78, 5) is 36.3. The van der Waals surface area contributed by atoms with Gasteiger partial charge in [-0.15, -0.1) is 0 Å². The molecule has 28 heavy (non-hydrogen) atoms. The standard InChI is InChI=1S/C20H22N4O4/c1-13-12-15(2-7-18(13)24(27)28)20(26)22-16-3-5-17(6-4-16)23-10-8-14(9-11-23)19(21)25/h2-7,12,14H,8-11H2,1H3,(H2,21,25)(H,22,26). The Bertz CT molecular complexity index is 903. The van der Waals surface area contributed by atoms with E-state index in [1.54, 1.807) is 6.92 Å². The number of primary amides is 1. The highest BCUT2D eigenvalue weighted by Gasteiger charge is 2.23. The lowest BCUT2D eigenvalue weighted by atomic mass is 9.96. The summed E-state index contributed by atoms with van der Waals surface area (Å²) < 4.78 is 0. The average molecular weight is 382 g/mol. The number of nitrogens with two attached hydrogens (primary N) is 1. The van der Waals surface area contributed by atoms with Gasteiger partial charge < -0.3 is 16.0 Å². The molecule has 1 heterocycles. The summed E-state index contributed by atoms with van der Waals surface area (Å²) in [6.07, 6.45) is 1.49. The van der Waals surface area contributed by atoms with Crippen LogP contribution in [0.15, 0.2) is 42.5 Å². The van der Waals surface area contributed by atoms with Crippen LogP contribution >= 0.6 is 0 Å². The van der Waals surface area contributed by atoms with Gasteiger partial charge in [-0.3, -0.25) is 19.7 Å². The summed E-state index contributed by atoms with van der Waals surface area (Å²) in [5.74, 6) is -0.618. The summed E-state index contributed by atoms with van der Waals surface area (Å²) in [5.41, 5.74) is 7.81. The molecule has 1 fully saturated rings. The molecule has 3 rings (SSSR count). The van der Waals surface area contributed by atoms with E-state index in [0.717, 1.165) is 31.6 Å². The number of nitro groups is 1. The van der Waals surface area contributed by atoms with Crippen molar-refractivity contribution >= 4 is 28.9 Å². The number of hydrogen-bond donors (Lipinski definition) is 2. The Morgan fingerprint density at radius 3 is 2.32 bits per heavy atom. The van der Waals surface area contributed by atoms with E-state index in [9.17, 15) is 19.7 Å². The number of carbonyl (C=O) groups is 2. The van der Waals surface area contributed by atoms with Gasteiger partial charge in [-0.2, -0.15) is 0 Å². The van der Waals surface area contributed by atoms with Crippen LogP contribution in [0.25, 0.3) is 0 Å². The average Bonchev–Trinajstić information content (AvgIpc) is 2.68. The molecule has 2 aromatic rings. The normalized spacial score (nSPS) is 14.5. The first-order valence-electron chi connectivity index (χ1n) is 9.06. The van der Waals surface area contributed by atoms with Crippen molar-refractivity contribution in [3.05, 3.63) is 63.7 Å². The topological polar surface area (TPSA) is 119 Å². The third kappa shape index (κ3) is 4.28. The highest BCUT2D eigenvalue weighted by molar-refractivity contribution is 6.04. The number of nitrogens with one attached hydrogen (secondary N) is 1. The smallest absolute Gasteiger partial charge is 0.272 e. The van der Waals surface area contributed by atoms with Gasteiger partial charge in [-0.05, 0) is 56.2 Å². The molecule has 1 aliphatic heterocycles. The fourth-order valence-electron chi connectivity index (χ4n) is 3.38. The van der Waals surface area contributed by atoms with Gasteiger partial charge in [0.1, 0.15) is 0 Å². The number of piperidine rings is 1. The Morgan fingerprint density at radius 1 is 1.14 bits per heavy atom. The summed E-state index contributed by atoms with van der Waals surface area (Å²) in [6, 6.07) is 11.7. The van der Waals surface area contributed by atoms with Gasteiger partial charge in [-0.1, -0.05) is 0 Å². The molecule has 0 aliphatic carbocycles. The molecular formula is C20H22N4O4. The molecule has 146 valence electrons. The molecule has 1 saturated heterocycles. The van der Waals surface area contributed by atoms with Crippen LogP contribution in [0.2, 0.25) is 0 Å². The van der Waals surface area contributed by atoms with E-state index >= 15 is 0 Å². The van der Waals surface area contributed by atoms with Crippen LogP contribution in [-0.4, -0.2) is 29.8 Å². The van der Waals surface area contributed by atoms with Crippen LogP contribution in [0.3, 0.4) is 0 Å². The Hall–Kier alpha value is -3.42. The van der Waals surface area contributed by atoms with E-state index in [2.05, 4.69) is 10.2 Å². The zero-order valence-electron chi connectivity index (χ0n) is 15.6. The first-order chi connectivity index (χ1) is 13.3. The number of anilines is 2. The molecule has 2 amide bonds. The van der Waals surface area contributed by atoms with E-state index < -0.39 is 4.92 Å². The van der Waals surface area contributed by atoms with Gasteiger partial charge in [0.05, 0.1) is 4.92 Å². The second-order valence-corrected chi connectivity index (χ2v) is 6.92. The quantitative estimate of drug-likeness (QED) is 0.609. The maximum atomic E-state index is 12.4. The molecule has 0 aromatic heterocycles. The Labute approximate surface area is 162 Å². The molecule has 0 saturated carbocycles. The van der Waals surface area contributed by atoms with Gasteiger partial charge in [0.15, 0.2) is 0 Å². The Balaban J connectivity index is 1.63. The monoisotopic (exact) mass is 382 g/mol. The van der Waals surface area contributed by atoms with E-state index in [0.29, 0.717) is 16.8 Å². The predicted molar refractivity (Wildman–Crippen MR) is 106 cm³/mol. The van der Waals surface area contributed by atoms with Gasteiger partial charge in [0.25, 0.3) is 11.6 Å². The number of amides is 2. The zero-order valence-corrected chi connectivity index (χ0v) is 15.6. The molecule has 0 spiro atoms. The second-order valence-electron chi connectivity index (χ2n) is 6.92. The van der Waals surface area contributed by atoms with Crippen molar-refractivity contribution < 1.29 is 14.5 Å². The van der Waals surface area contributed by atoms with E-state index in [1.165, 1.54) is 18.2 Å². The number of rotatable bonds is 5. The highest BCUT2D eigenvalue weighted by atomic mass is 16.6. The first kappa shape index (κ1) is 19.3. The molecule has 0 atom stereocenters. The minimum atomic E-state index is -0.470. The fourth-order valence-corrected chi connectivity index (χ4v) is 3.38. The molecule has 8 nitrogen and oxygen atoms in total. The summed E-state index contributed by atoms with van der Waals surface area (Å²) in [6.45, 7) is 3.13. The third-order valence-electron chi connectivity index (χ3n) is 5.04. The van der Waals surface area contributed by atoms with Crippen LogP contribution in [0.5, 0.6) is 0 Å². The number of aryl methyl sites for hydroxylation is 1. The van der Waals surface area contributed by atoms with Gasteiger partial charge >= 0.3 is 0 Å². The zero-order chi connectivity index (χ0) is 20.3. The SMILES string of the molecule is Cc1cc(C(=O)Nc2ccc(N3CCC(C(N)=O)CC3)cc2)ccc1[N+](=O)[O-]. The summed E-state index contributed by atoms with van der Waals surface area (Å²) in [5, 5.41) is 13.7. The predicted octanol–water partition coefficient (Wildman–Crippen LogP) is 2.86. The minimum Gasteiger partial charge on any atom is -0.371 e. The molecular weight excluding hydrogens is 360 g/mol. The molecule has 3 N–H and O–H groups in total. The Morgan fingerprint density at radius 2 is 1.79 bits per heavy atom. The lowest BCUT2D eigenvalue weighted by Gasteiger charge is -2.32. The lowest BCUT2D eigenvalue weighted by molar-refractivity contribution is -0.385. The molecule has 1 aliphatic rings. The van der Waals surface area contributed by atoms with Crippen LogP contribution < -0.4 is 16.0 Å². The fraction of sp³-hybridized carbons (Fsp3) is 0.300. The number of hydrogen-bond acceptors (Lipinski definition) is 5. The van der Waals surface area contributed by atoms with Crippen molar-refractivity contribution in [3.8, 4) is 0 Å². The second kappa shape index (κ2) is 8.08. The molecule has 8 heteroatoms. The van der Waals surface area contributed by atoms with Crippen molar-refractivity contribution in [2.24, 2.45) is 11.7 Å². The molecule has 0 unspecified atom stereocenters. The van der Waals surface area contributed by atoms with Crippen LogP contribution in [-0.2, 0) is 4.79 Å². The first-order valence-corrected chi connectivity index (χ1v) is 9.06. The van der Waals surface area contributed by atoms with E-state index in [-0.39, 0.29) is 23.4 Å². The maximum Gasteiger partial charge on any atom is 0.272 e. The number of nitro benzene ring substituents is 1. The molecule has 0 bridgehead atoms. The largest absolute Gasteiger partial charge is 0.371 e. The van der Waals surface area contributed by atoms with E-state index in [4.69, 9.17) is 5.73 Å². The Kier molecular flexibility index (Phi) is 5.58. The van der Waals surface area contributed by atoms with Gasteiger partial charge in [0, 0.05) is 47.6 Å². The van der Waals surface area contributed by atoms with E-state index in [1.807, 2.05) is 24.3 Å². The van der Waals surface area contributed by atoms with Crippen LogP contribution in [0.4, 0.5) is 17.1 Å². The van der Waals surface area contributed by atoms with Crippen molar-refractivity contribution in [1.29, 1.82) is 0 Å². The minimum absolute atomic E-state index is 0.0130. The van der Waals surface area contributed by atoms with Crippen LogP contribution in [0, 0.1) is 23.0 Å². The van der Waals surface area contributed by atoms with Crippen molar-refractivity contribution in [1.82, 2.24) is 0 Å². The number of nitrogens with zero attached hydrogens (tertiary/aromatic N) is 2. The van der Waals surface area contributed by atoms with Crippen molar-refractivity contribution in [2.45, 2.75) is 19.8 Å².